The maximum absolute atomic E-state index is 12.6. The average Bonchev–Trinajstić information content (AvgIpc) is 3.09. The summed E-state index contributed by atoms with van der Waals surface area (Å²) in [6, 6.07) is 15.6. The predicted molar refractivity (Wildman–Crippen MR) is 100 cm³/mol. The Bertz CT molecular complexity index is 1050. The molecule has 140 valence electrons. The maximum Gasteiger partial charge on any atom is 0.254 e. The molecule has 0 saturated carbocycles. The minimum Gasteiger partial charge on any atom is -0.337 e. The van der Waals surface area contributed by atoms with Gasteiger partial charge in [-0.25, -0.2) is 8.42 Å². The molecule has 1 amide bonds. The van der Waals surface area contributed by atoms with Gasteiger partial charge in [0.25, 0.3) is 5.91 Å². The zero-order chi connectivity index (χ0) is 19.4. The highest BCUT2D eigenvalue weighted by molar-refractivity contribution is 7.92. The lowest BCUT2D eigenvalue weighted by Crippen LogP contribution is -2.26. The summed E-state index contributed by atoms with van der Waals surface area (Å²) in [5, 5.41) is 3.93. The first-order valence-electron chi connectivity index (χ1n) is 8.03. The van der Waals surface area contributed by atoms with E-state index in [0.29, 0.717) is 23.0 Å². The Morgan fingerprint density at radius 1 is 1.15 bits per heavy atom. The summed E-state index contributed by atoms with van der Waals surface area (Å²) >= 11 is 0. The fraction of sp³-hybridized carbons (Fsp3) is 0.167. The molecule has 0 aliphatic carbocycles. The molecule has 0 saturated heterocycles. The quantitative estimate of drug-likeness (QED) is 0.697. The highest BCUT2D eigenvalue weighted by Gasteiger charge is 2.17. The number of amides is 1. The molecule has 0 spiro atoms. The number of carbonyl (C=O) groups excluding carboxylic acids is 1. The monoisotopic (exact) mass is 386 g/mol. The molecule has 3 rings (SSSR count). The van der Waals surface area contributed by atoms with Crippen molar-refractivity contribution in [2.45, 2.75) is 6.54 Å². The molecule has 3 aromatic rings. The van der Waals surface area contributed by atoms with Gasteiger partial charge in [0, 0.05) is 23.9 Å². The number of benzene rings is 2. The smallest absolute Gasteiger partial charge is 0.254 e. The highest BCUT2D eigenvalue weighted by atomic mass is 32.2. The summed E-state index contributed by atoms with van der Waals surface area (Å²) in [7, 11) is -1.82. The maximum atomic E-state index is 12.6. The minimum absolute atomic E-state index is 0.127. The van der Waals surface area contributed by atoms with E-state index in [1.807, 2.05) is 30.3 Å². The average molecular weight is 386 g/mol. The van der Waals surface area contributed by atoms with E-state index >= 15 is 0 Å². The summed E-state index contributed by atoms with van der Waals surface area (Å²) < 4.78 is 30.2. The molecule has 8 nitrogen and oxygen atoms in total. The second kappa shape index (κ2) is 7.58. The number of rotatable bonds is 6. The van der Waals surface area contributed by atoms with Crippen molar-refractivity contribution in [2.75, 3.05) is 18.0 Å². The van der Waals surface area contributed by atoms with Gasteiger partial charge in [-0.2, -0.15) is 4.98 Å². The van der Waals surface area contributed by atoms with E-state index in [4.69, 9.17) is 4.52 Å². The van der Waals surface area contributed by atoms with Crippen LogP contribution in [0, 0.1) is 0 Å². The topological polar surface area (TPSA) is 105 Å². The number of nitrogens with one attached hydrogen (secondary N) is 1. The first-order chi connectivity index (χ1) is 12.8. The van der Waals surface area contributed by atoms with E-state index in [1.54, 1.807) is 25.2 Å². The van der Waals surface area contributed by atoms with E-state index in [2.05, 4.69) is 14.9 Å². The molecule has 0 bridgehead atoms. The highest BCUT2D eigenvalue weighted by Crippen LogP contribution is 2.17. The van der Waals surface area contributed by atoms with Crippen LogP contribution in [0.3, 0.4) is 0 Å². The van der Waals surface area contributed by atoms with Crippen LogP contribution in [0.25, 0.3) is 11.4 Å². The predicted octanol–water partition coefficient (Wildman–Crippen LogP) is 2.38. The fourth-order valence-electron chi connectivity index (χ4n) is 2.45. The van der Waals surface area contributed by atoms with Crippen molar-refractivity contribution in [2.24, 2.45) is 0 Å². The summed E-state index contributed by atoms with van der Waals surface area (Å²) in [4.78, 5) is 18.3. The third-order valence-electron chi connectivity index (χ3n) is 3.63. The molecule has 9 heteroatoms. The lowest BCUT2D eigenvalue weighted by atomic mass is 10.2. The van der Waals surface area contributed by atoms with E-state index in [-0.39, 0.29) is 12.5 Å². The molecule has 0 unspecified atom stereocenters. The van der Waals surface area contributed by atoms with Crippen molar-refractivity contribution >= 4 is 21.6 Å². The summed E-state index contributed by atoms with van der Waals surface area (Å²) in [6.45, 7) is 0.127. The van der Waals surface area contributed by atoms with Gasteiger partial charge in [0.2, 0.25) is 21.7 Å². The molecule has 1 aromatic heterocycles. The van der Waals surface area contributed by atoms with Crippen LogP contribution >= 0.6 is 0 Å². The summed E-state index contributed by atoms with van der Waals surface area (Å²) in [6.07, 6.45) is 1.05. The molecule has 0 aliphatic heterocycles. The van der Waals surface area contributed by atoms with Crippen LogP contribution in [-0.4, -0.2) is 42.7 Å². The Morgan fingerprint density at radius 2 is 1.89 bits per heavy atom. The van der Waals surface area contributed by atoms with E-state index in [0.717, 1.165) is 11.8 Å². The Hall–Kier alpha value is -3.20. The van der Waals surface area contributed by atoms with Crippen LogP contribution in [0.2, 0.25) is 0 Å². The first kappa shape index (κ1) is 18.6. The van der Waals surface area contributed by atoms with Gasteiger partial charge >= 0.3 is 0 Å². The van der Waals surface area contributed by atoms with Gasteiger partial charge in [0.05, 0.1) is 12.8 Å². The molecule has 1 heterocycles. The Labute approximate surface area is 156 Å². The third kappa shape index (κ3) is 4.91. The van der Waals surface area contributed by atoms with Crippen LogP contribution in [0.5, 0.6) is 0 Å². The van der Waals surface area contributed by atoms with E-state index < -0.39 is 10.0 Å². The van der Waals surface area contributed by atoms with Gasteiger partial charge in [-0.05, 0) is 18.2 Å². The summed E-state index contributed by atoms with van der Waals surface area (Å²) in [5.74, 6) is 0.451. The van der Waals surface area contributed by atoms with Crippen LogP contribution in [-0.2, 0) is 16.6 Å². The van der Waals surface area contributed by atoms with E-state index in [1.165, 1.54) is 11.0 Å². The fourth-order valence-corrected chi connectivity index (χ4v) is 3.00. The Morgan fingerprint density at radius 3 is 2.59 bits per heavy atom. The van der Waals surface area contributed by atoms with Crippen molar-refractivity contribution < 1.29 is 17.7 Å². The number of hydrogen-bond donors (Lipinski definition) is 1. The van der Waals surface area contributed by atoms with Crippen molar-refractivity contribution in [3.8, 4) is 11.4 Å². The van der Waals surface area contributed by atoms with Crippen LogP contribution in [0.4, 0.5) is 5.69 Å². The van der Waals surface area contributed by atoms with Gasteiger partial charge in [-0.3, -0.25) is 9.52 Å². The lowest BCUT2D eigenvalue weighted by Gasteiger charge is -2.15. The standard InChI is InChI=1S/C18H18N4O4S/c1-22(12-16-19-17(20-26-16)13-7-4-3-5-8-13)18(23)14-9-6-10-15(11-14)21-27(2,24)25/h3-11,21H,12H2,1-2H3. The van der Waals surface area contributed by atoms with Crippen molar-refractivity contribution in [3.63, 3.8) is 0 Å². The molecular weight excluding hydrogens is 368 g/mol. The lowest BCUT2D eigenvalue weighted by molar-refractivity contribution is 0.0769. The van der Waals surface area contributed by atoms with Crippen molar-refractivity contribution in [1.29, 1.82) is 0 Å². The molecule has 27 heavy (non-hydrogen) atoms. The molecule has 1 N–H and O–H groups in total. The number of carbonyl (C=O) groups is 1. The normalized spacial score (nSPS) is 11.2. The molecule has 2 aromatic carbocycles. The van der Waals surface area contributed by atoms with Crippen LogP contribution in [0.15, 0.2) is 59.1 Å². The van der Waals surface area contributed by atoms with Crippen LogP contribution in [0.1, 0.15) is 16.2 Å². The second-order valence-corrected chi connectivity index (χ2v) is 7.74. The van der Waals surface area contributed by atoms with Gasteiger partial charge < -0.3 is 9.42 Å². The van der Waals surface area contributed by atoms with Gasteiger partial charge in [0.15, 0.2) is 0 Å². The van der Waals surface area contributed by atoms with E-state index in [9.17, 15) is 13.2 Å². The third-order valence-corrected chi connectivity index (χ3v) is 4.24. The van der Waals surface area contributed by atoms with Crippen molar-refractivity contribution in [3.05, 3.63) is 66.1 Å². The largest absolute Gasteiger partial charge is 0.337 e. The molecule has 0 radical (unpaired) electrons. The van der Waals surface area contributed by atoms with Gasteiger partial charge in [0.1, 0.15) is 0 Å². The number of sulfonamides is 1. The number of hydrogen-bond acceptors (Lipinski definition) is 6. The van der Waals surface area contributed by atoms with Gasteiger partial charge in [-0.15, -0.1) is 0 Å². The van der Waals surface area contributed by atoms with Crippen LogP contribution < -0.4 is 4.72 Å². The van der Waals surface area contributed by atoms with Gasteiger partial charge in [-0.1, -0.05) is 41.6 Å². The molecule has 0 aliphatic rings. The number of aromatic nitrogens is 2. The Kier molecular flexibility index (Phi) is 5.22. The van der Waals surface area contributed by atoms with Crippen molar-refractivity contribution in [1.82, 2.24) is 15.0 Å². The molecular formula is C18H18N4O4S. The zero-order valence-electron chi connectivity index (χ0n) is 14.8. The Balaban J connectivity index is 1.71. The SMILES string of the molecule is CN(Cc1nc(-c2ccccc2)no1)C(=O)c1cccc(NS(C)(=O)=O)c1. The minimum atomic E-state index is -3.42. The number of anilines is 1. The number of nitrogens with zero attached hydrogens (tertiary/aromatic N) is 3. The first-order valence-corrected chi connectivity index (χ1v) is 9.92. The zero-order valence-corrected chi connectivity index (χ0v) is 15.6. The second-order valence-electron chi connectivity index (χ2n) is 5.99. The molecule has 0 fully saturated rings. The summed E-state index contributed by atoms with van der Waals surface area (Å²) in [5.41, 5.74) is 1.48. The molecule has 0 atom stereocenters.